The lowest BCUT2D eigenvalue weighted by Crippen LogP contribution is -2.56. The Morgan fingerprint density at radius 3 is 2.38 bits per heavy atom. The Morgan fingerprint density at radius 1 is 1.31 bits per heavy atom. The van der Waals surface area contributed by atoms with Crippen molar-refractivity contribution >= 4 is 0 Å². The minimum absolute atomic E-state index is 0.242. The fraction of sp³-hybridized carbons (Fsp3) is 1.00. The van der Waals surface area contributed by atoms with Gasteiger partial charge >= 0.3 is 0 Å². The first-order valence-electron chi connectivity index (χ1n) is 6.78. The highest BCUT2D eigenvalue weighted by Crippen LogP contribution is 2.44. The van der Waals surface area contributed by atoms with Crippen LogP contribution in [0.15, 0.2) is 0 Å². The van der Waals surface area contributed by atoms with Crippen LogP contribution in [0.1, 0.15) is 40.0 Å². The van der Waals surface area contributed by atoms with Crippen molar-refractivity contribution in [1.82, 2.24) is 4.90 Å². The molecule has 2 N–H and O–H groups in total. The third-order valence-electron chi connectivity index (χ3n) is 4.02. The molecule has 0 spiro atoms. The largest absolute Gasteiger partial charge is 0.380 e. The van der Waals surface area contributed by atoms with Gasteiger partial charge < -0.3 is 10.5 Å². The van der Waals surface area contributed by atoms with Crippen molar-refractivity contribution in [2.24, 2.45) is 11.7 Å². The lowest BCUT2D eigenvalue weighted by Gasteiger charge is -2.43. The second kappa shape index (κ2) is 6.58. The van der Waals surface area contributed by atoms with E-state index in [-0.39, 0.29) is 5.54 Å². The Labute approximate surface area is 100 Å². The van der Waals surface area contributed by atoms with Gasteiger partial charge in [-0.3, -0.25) is 4.90 Å². The van der Waals surface area contributed by atoms with E-state index in [0.29, 0.717) is 0 Å². The Morgan fingerprint density at radius 2 is 2.00 bits per heavy atom. The molecule has 1 unspecified atom stereocenters. The normalized spacial score (nSPS) is 20.1. The molecule has 3 nitrogen and oxygen atoms in total. The summed E-state index contributed by atoms with van der Waals surface area (Å²) in [5.74, 6) is 0.823. The van der Waals surface area contributed by atoms with Gasteiger partial charge in [0.05, 0.1) is 6.61 Å². The van der Waals surface area contributed by atoms with E-state index in [1.807, 2.05) is 6.92 Å². The summed E-state index contributed by atoms with van der Waals surface area (Å²) in [4.78, 5) is 2.54. The van der Waals surface area contributed by atoms with Crippen LogP contribution in [-0.4, -0.2) is 43.3 Å². The van der Waals surface area contributed by atoms with E-state index in [0.717, 1.165) is 45.2 Å². The molecule has 96 valence electrons. The number of nitrogens with two attached hydrogens (primary N) is 1. The lowest BCUT2D eigenvalue weighted by atomic mass is 9.88. The average Bonchev–Trinajstić information content (AvgIpc) is 3.13. The summed E-state index contributed by atoms with van der Waals surface area (Å²) >= 11 is 0. The number of hydrogen-bond acceptors (Lipinski definition) is 3. The van der Waals surface area contributed by atoms with Gasteiger partial charge in [-0.2, -0.15) is 0 Å². The molecular formula is C13H28N2O. The molecule has 0 aromatic heterocycles. The van der Waals surface area contributed by atoms with Gasteiger partial charge in [-0.1, -0.05) is 13.8 Å². The molecule has 0 bridgehead atoms. The minimum atomic E-state index is 0.242. The van der Waals surface area contributed by atoms with Crippen molar-refractivity contribution in [3.8, 4) is 0 Å². The van der Waals surface area contributed by atoms with Crippen LogP contribution in [0.2, 0.25) is 0 Å². The molecule has 1 atom stereocenters. The van der Waals surface area contributed by atoms with Crippen LogP contribution >= 0.6 is 0 Å². The SMILES string of the molecule is CCOCCN(CC)C(CC)(CN)C1CC1. The summed E-state index contributed by atoms with van der Waals surface area (Å²) in [6, 6.07) is 0. The second-order valence-corrected chi connectivity index (χ2v) is 4.71. The summed E-state index contributed by atoms with van der Waals surface area (Å²) in [7, 11) is 0. The van der Waals surface area contributed by atoms with Crippen molar-refractivity contribution in [2.75, 3.05) is 32.8 Å². The zero-order valence-electron chi connectivity index (χ0n) is 11.2. The zero-order chi connectivity index (χ0) is 12.0. The van der Waals surface area contributed by atoms with Gasteiger partial charge in [0.2, 0.25) is 0 Å². The predicted molar refractivity (Wildman–Crippen MR) is 68.5 cm³/mol. The van der Waals surface area contributed by atoms with Crippen LogP contribution in [0.25, 0.3) is 0 Å². The molecule has 0 aromatic carbocycles. The first kappa shape index (κ1) is 13.9. The van der Waals surface area contributed by atoms with E-state index in [4.69, 9.17) is 10.5 Å². The summed E-state index contributed by atoms with van der Waals surface area (Å²) in [6.45, 7) is 11.1. The zero-order valence-corrected chi connectivity index (χ0v) is 11.2. The van der Waals surface area contributed by atoms with Gasteiger partial charge in [0.15, 0.2) is 0 Å². The second-order valence-electron chi connectivity index (χ2n) is 4.71. The minimum Gasteiger partial charge on any atom is -0.380 e. The third-order valence-corrected chi connectivity index (χ3v) is 4.02. The van der Waals surface area contributed by atoms with Crippen molar-refractivity contribution in [2.45, 2.75) is 45.6 Å². The number of rotatable bonds is 9. The molecule has 0 aliphatic heterocycles. The standard InChI is InChI=1S/C13H28N2O/c1-4-13(11-14,12-7-8-12)15(5-2)9-10-16-6-3/h12H,4-11,14H2,1-3H3. The molecule has 1 aliphatic carbocycles. The van der Waals surface area contributed by atoms with E-state index in [2.05, 4.69) is 18.7 Å². The van der Waals surface area contributed by atoms with Crippen molar-refractivity contribution in [3.63, 3.8) is 0 Å². The first-order valence-corrected chi connectivity index (χ1v) is 6.78. The predicted octanol–water partition coefficient (Wildman–Crippen LogP) is 1.86. The maximum Gasteiger partial charge on any atom is 0.0593 e. The highest BCUT2D eigenvalue weighted by molar-refractivity contribution is 5.02. The highest BCUT2D eigenvalue weighted by Gasteiger charge is 2.46. The fourth-order valence-electron chi connectivity index (χ4n) is 2.85. The van der Waals surface area contributed by atoms with E-state index in [9.17, 15) is 0 Å². The van der Waals surface area contributed by atoms with Gasteiger partial charge in [-0.15, -0.1) is 0 Å². The van der Waals surface area contributed by atoms with Crippen molar-refractivity contribution < 1.29 is 4.74 Å². The molecule has 1 fully saturated rings. The maximum atomic E-state index is 6.06. The van der Waals surface area contributed by atoms with Crippen LogP contribution in [0, 0.1) is 5.92 Å². The maximum absolute atomic E-state index is 6.06. The molecule has 1 saturated carbocycles. The molecule has 0 amide bonds. The molecule has 0 radical (unpaired) electrons. The summed E-state index contributed by atoms with van der Waals surface area (Å²) < 4.78 is 5.47. The molecule has 0 heterocycles. The fourth-order valence-corrected chi connectivity index (χ4v) is 2.85. The molecule has 1 rings (SSSR count). The number of likely N-dealkylation sites (N-methyl/N-ethyl adjacent to an activating group) is 1. The van der Waals surface area contributed by atoms with Gasteiger partial charge in [-0.05, 0) is 38.6 Å². The van der Waals surface area contributed by atoms with E-state index in [1.165, 1.54) is 12.8 Å². The number of nitrogens with zero attached hydrogens (tertiary/aromatic N) is 1. The van der Waals surface area contributed by atoms with Crippen LogP contribution < -0.4 is 5.73 Å². The summed E-state index contributed by atoms with van der Waals surface area (Å²) in [5, 5.41) is 0. The van der Waals surface area contributed by atoms with Gasteiger partial charge in [0, 0.05) is 25.2 Å². The van der Waals surface area contributed by atoms with Crippen LogP contribution in [0.5, 0.6) is 0 Å². The summed E-state index contributed by atoms with van der Waals surface area (Å²) in [5.41, 5.74) is 6.30. The topological polar surface area (TPSA) is 38.5 Å². The van der Waals surface area contributed by atoms with Gasteiger partial charge in [-0.25, -0.2) is 0 Å². The monoisotopic (exact) mass is 228 g/mol. The molecular weight excluding hydrogens is 200 g/mol. The van der Waals surface area contributed by atoms with Gasteiger partial charge in [0.1, 0.15) is 0 Å². The number of hydrogen-bond donors (Lipinski definition) is 1. The summed E-state index contributed by atoms with van der Waals surface area (Å²) in [6.07, 6.45) is 3.88. The Bertz CT molecular complexity index is 188. The Balaban J connectivity index is 2.57. The third kappa shape index (κ3) is 2.96. The van der Waals surface area contributed by atoms with Gasteiger partial charge in [0.25, 0.3) is 0 Å². The van der Waals surface area contributed by atoms with Crippen LogP contribution in [0.3, 0.4) is 0 Å². The first-order chi connectivity index (χ1) is 7.75. The number of ether oxygens (including phenoxy) is 1. The van der Waals surface area contributed by atoms with E-state index < -0.39 is 0 Å². The molecule has 0 aromatic rings. The Hall–Kier alpha value is -0.120. The molecule has 16 heavy (non-hydrogen) atoms. The molecule has 1 aliphatic rings. The van der Waals surface area contributed by atoms with E-state index >= 15 is 0 Å². The lowest BCUT2D eigenvalue weighted by molar-refractivity contribution is 0.0361. The smallest absolute Gasteiger partial charge is 0.0593 e. The highest BCUT2D eigenvalue weighted by atomic mass is 16.5. The quantitative estimate of drug-likeness (QED) is 0.612. The van der Waals surface area contributed by atoms with Crippen LogP contribution in [0.4, 0.5) is 0 Å². The average molecular weight is 228 g/mol. The van der Waals surface area contributed by atoms with Crippen molar-refractivity contribution in [1.29, 1.82) is 0 Å². The van der Waals surface area contributed by atoms with Crippen LogP contribution in [-0.2, 0) is 4.74 Å². The molecule has 3 heteroatoms. The van der Waals surface area contributed by atoms with E-state index in [1.54, 1.807) is 0 Å². The Kier molecular flexibility index (Phi) is 5.73. The van der Waals surface area contributed by atoms with Crippen molar-refractivity contribution in [3.05, 3.63) is 0 Å². The molecule has 0 saturated heterocycles.